The molecule has 6 heteroatoms. The van der Waals surface area contributed by atoms with Crippen molar-refractivity contribution in [3.05, 3.63) is 21.0 Å². The third kappa shape index (κ3) is 2.76. The van der Waals surface area contributed by atoms with Gasteiger partial charge in [-0.2, -0.15) is 5.10 Å². The number of aromatic nitrogens is 2. The number of unbranched alkanes of at least 4 members (excludes halogenated alkanes) is 1. The summed E-state index contributed by atoms with van der Waals surface area (Å²) in [5.41, 5.74) is 0.408. The Balaban J connectivity index is 2.14. The predicted molar refractivity (Wildman–Crippen MR) is 82.9 cm³/mol. The molecule has 0 bridgehead atoms. The zero-order valence-corrected chi connectivity index (χ0v) is 13.8. The van der Waals surface area contributed by atoms with Gasteiger partial charge in [-0.15, -0.1) is 0 Å². The van der Waals surface area contributed by atoms with Gasteiger partial charge >= 0.3 is 0 Å². The highest BCUT2D eigenvalue weighted by Gasteiger charge is 2.47. The van der Waals surface area contributed by atoms with Crippen molar-refractivity contribution < 1.29 is 5.11 Å². The van der Waals surface area contributed by atoms with Gasteiger partial charge in [-0.05, 0) is 28.8 Å². The molecule has 2 unspecified atom stereocenters. The molecule has 1 aromatic rings. The van der Waals surface area contributed by atoms with Gasteiger partial charge in [0.1, 0.15) is 4.47 Å². The summed E-state index contributed by atoms with van der Waals surface area (Å²) in [6.07, 6.45) is 4.05. The van der Waals surface area contributed by atoms with Crippen LogP contribution in [0.1, 0.15) is 40.0 Å². The average molecular weight is 344 g/mol. The molecule has 0 amide bonds. The molecule has 1 saturated carbocycles. The zero-order valence-electron chi connectivity index (χ0n) is 12.2. The maximum atomic E-state index is 12.2. The zero-order chi connectivity index (χ0) is 14.9. The lowest BCUT2D eigenvalue weighted by molar-refractivity contribution is -0.0510. The Labute approximate surface area is 127 Å². The number of anilines is 1. The number of hydrogen-bond acceptors (Lipinski definition) is 4. The van der Waals surface area contributed by atoms with Crippen molar-refractivity contribution in [3.8, 4) is 0 Å². The van der Waals surface area contributed by atoms with Crippen molar-refractivity contribution in [1.29, 1.82) is 0 Å². The minimum absolute atomic E-state index is 0.110. The van der Waals surface area contributed by atoms with Crippen LogP contribution in [0, 0.1) is 5.41 Å². The van der Waals surface area contributed by atoms with Gasteiger partial charge in [-0.1, -0.05) is 27.2 Å². The van der Waals surface area contributed by atoms with Gasteiger partial charge in [0.2, 0.25) is 0 Å². The Morgan fingerprint density at radius 1 is 1.60 bits per heavy atom. The number of aliphatic hydroxyl groups is 1. The highest BCUT2D eigenvalue weighted by atomic mass is 79.9. The van der Waals surface area contributed by atoms with Crippen LogP contribution in [-0.2, 0) is 6.54 Å². The Kier molecular flexibility index (Phi) is 4.54. The summed E-state index contributed by atoms with van der Waals surface area (Å²) >= 11 is 3.36. The summed E-state index contributed by atoms with van der Waals surface area (Å²) in [7, 11) is 0. The van der Waals surface area contributed by atoms with Gasteiger partial charge in [-0.3, -0.25) is 4.79 Å². The molecule has 20 heavy (non-hydrogen) atoms. The van der Waals surface area contributed by atoms with E-state index in [1.807, 2.05) is 13.8 Å². The first kappa shape index (κ1) is 15.5. The van der Waals surface area contributed by atoms with Crippen molar-refractivity contribution in [3.63, 3.8) is 0 Å². The summed E-state index contributed by atoms with van der Waals surface area (Å²) in [5, 5.41) is 17.3. The Morgan fingerprint density at radius 2 is 2.30 bits per heavy atom. The summed E-state index contributed by atoms with van der Waals surface area (Å²) in [6.45, 7) is 6.76. The quantitative estimate of drug-likeness (QED) is 0.861. The van der Waals surface area contributed by atoms with Crippen molar-refractivity contribution in [1.82, 2.24) is 9.78 Å². The number of nitrogens with zero attached hydrogens (tertiary/aromatic N) is 2. The van der Waals surface area contributed by atoms with E-state index >= 15 is 0 Å². The molecule has 1 aromatic heterocycles. The molecule has 1 heterocycles. The first-order chi connectivity index (χ1) is 9.37. The van der Waals surface area contributed by atoms with E-state index in [1.165, 1.54) is 4.68 Å². The van der Waals surface area contributed by atoms with Gasteiger partial charge in [-0.25, -0.2) is 4.68 Å². The minimum Gasteiger partial charge on any atom is -0.392 e. The standard InChI is InChI=1S/C14H22BrN3O2/c1-4-5-6-18-13(20)12(15)9(8-16-18)17-10-7-11(19)14(10,2)3/h8,10-11,17,19H,4-7H2,1-3H3. The van der Waals surface area contributed by atoms with Gasteiger partial charge < -0.3 is 10.4 Å². The van der Waals surface area contributed by atoms with E-state index in [4.69, 9.17) is 0 Å². The number of halogens is 1. The van der Waals surface area contributed by atoms with Crippen molar-refractivity contribution in [2.24, 2.45) is 5.41 Å². The molecular weight excluding hydrogens is 322 g/mol. The van der Waals surface area contributed by atoms with E-state index < -0.39 is 0 Å². The van der Waals surface area contributed by atoms with Crippen LogP contribution in [0.4, 0.5) is 5.69 Å². The fraction of sp³-hybridized carbons (Fsp3) is 0.714. The maximum Gasteiger partial charge on any atom is 0.283 e. The summed E-state index contributed by atoms with van der Waals surface area (Å²) in [6, 6.07) is 0.154. The third-order valence-corrected chi connectivity index (χ3v) is 5.02. The van der Waals surface area contributed by atoms with Crippen molar-refractivity contribution in [2.45, 2.75) is 58.7 Å². The van der Waals surface area contributed by atoms with Gasteiger partial charge in [0.25, 0.3) is 5.56 Å². The van der Waals surface area contributed by atoms with E-state index in [0.717, 1.165) is 12.8 Å². The molecule has 0 saturated heterocycles. The van der Waals surface area contributed by atoms with E-state index in [0.29, 0.717) is 23.1 Å². The average Bonchev–Trinajstić information content (AvgIpc) is 2.42. The van der Waals surface area contributed by atoms with Gasteiger partial charge in [0.15, 0.2) is 0 Å². The highest BCUT2D eigenvalue weighted by Crippen LogP contribution is 2.42. The lowest BCUT2D eigenvalue weighted by Crippen LogP contribution is -2.57. The lowest BCUT2D eigenvalue weighted by atomic mass is 9.64. The molecule has 5 nitrogen and oxygen atoms in total. The normalized spacial score (nSPS) is 24.2. The summed E-state index contributed by atoms with van der Waals surface area (Å²) < 4.78 is 2.00. The molecule has 0 spiro atoms. The first-order valence-electron chi connectivity index (χ1n) is 7.08. The van der Waals surface area contributed by atoms with Crippen LogP contribution in [-0.4, -0.2) is 27.0 Å². The lowest BCUT2D eigenvalue weighted by Gasteiger charge is -2.49. The van der Waals surface area contributed by atoms with Crippen LogP contribution in [0.2, 0.25) is 0 Å². The minimum atomic E-state index is -0.295. The van der Waals surface area contributed by atoms with Crippen LogP contribution in [0.5, 0.6) is 0 Å². The SMILES string of the molecule is CCCCn1ncc(NC2CC(O)C2(C)C)c(Br)c1=O. The van der Waals surface area contributed by atoms with Crippen LogP contribution in [0.15, 0.2) is 15.5 Å². The third-order valence-electron chi connectivity index (χ3n) is 4.25. The molecule has 2 N–H and O–H groups in total. The number of aliphatic hydroxyl groups excluding tert-OH is 1. The Hall–Kier alpha value is -0.880. The monoisotopic (exact) mass is 343 g/mol. The topological polar surface area (TPSA) is 67.2 Å². The van der Waals surface area contributed by atoms with Crippen LogP contribution in [0.3, 0.4) is 0 Å². The predicted octanol–water partition coefficient (Wildman–Crippen LogP) is 2.38. The maximum absolute atomic E-state index is 12.2. The smallest absolute Gasteiger partial charge is 0.283 e. The fourth-order valence-electron chi connectivity index (χ4n) is 2.37. The molecule has 0 aromatic carbocycles. The number of aryl methyl sites for hydroxylation is 1. The number of nitrogens with one attached hydrogen (secondary N) is 1. The van der Waals surface area contributed by atoms with Crippen LogP contribution in [0.25, 0.3) is 0 Å². The molecule has 0 radical (unpaired) electrons. The molecule has 1 aliphatic rings. The largest absolute Gasteiger partial charge is 0.392 e. The fourth-order valence-corrected chi connectivity index (χ4v) is 2.79. The van der Waals surface area contributed by atoms with E-state index in [2.05, 4.69) is 33.3 Å². The second-order valence-electron chi connectivity index (χ2n) is 6.02. The summed E-state index contributed by atoms with van der Waals surface area (Å²) in [5.74, 6) is 0. The molecule has 0 aliphatic heterocycles. The van der Waals surface area contributed by atoms with E-state index in [1.54, 1.807) is 6.20 Å². The molecular formula is C14H22BrN3O2. The molecule has 112 valence electrons. The van der Waals surface area contributed by atoms with Crippen LogP contribution < -0.4 is 10.9 Å². The Morgan fingerprint density at radius 3 is 2.85 bits per heavy atom. The van der Waals surface area contributed by atoms with Crippen molar-refractivity contribution >= 4 is 21.6 Å². The van der Waals surface area contributed by atoms with E-state index in [-0.39, 0.29) is 23.1 Å². The molecule has 2 rings (SSSR count). The van der Waals surface area contributed by atoms with Gasteiger partial charge in [0, 0.05) is 18.0 Å². The second-order valence-corrected chi connectivity index (χ2v) is 6.82. The van der Waals surface area contributed by atoms with E-state index in [9.17, 15) is 9.90 Å². The number of rotatable bonds is 5. The Bertz CT molecular complexity index is 542. The van der Waals surface area contributed by atoms with Crippen molar-refractivity contribution in [2.75, 3.05) is 5.32 Å². The number of hydrogen-bond donors (Lipinski definition) is 2. The van der Waals surface area contributed by atoms with Crippen LogP contribution >= 0.6 is 15.9 Å². The molecule has 2 atom stereocenters. The second kappa shape index (κ2) is 5.85. The first-order valence-corrected chi connectivity index (χ1v) is 7.87. The summed E-state index contributed by atoms with van der Waals surface area (Å²) in [4.78, 5) is 12.2. The molecule has 1 fully saturated rings. The highest BCUT2D eigenvalue weighted by molar-refractivity contribution is 9.10. The van der Waals surface area contributed by atoms with Gasteiger partial charge in [0.05, 0.1) is 18.0 Å². The molecule has 1 aliphatic carbocycles.